The molecule has 28 heavy (non-hydrogen) atoms. The molecular formula is C20H53NaO7. The molecule has 0 aliphatic heterocycles. The zero-order valence-corrected chi connectivity index (χ0v) is 18.0. The first kappa shape index (κ1) is 63.0. The largest absolute Gasteiger partial charge is 1.00 e. The Bertz CT molecular complexity index is 280. The maximum atomic E-state index is 10.5. The van der Waals surface area contributed by atoms with E-state index in [4.69, 9.17) is 14.6 Å². The van der Waals surface area contributed by atoms with Crippen LogP contribution in [0.25, 0.3) is 0 Å². The number of hydrogen-bond acceptors (Lipinski definition) is 7. The van der Waals surface area contributed by atoms with E-state index < -0.39 is 11.7 Å². The van der Waals surface area contributed by atoms with E-state index in [0.29, 0.717) is 6.42 Å². The molecule has 0 saturated heterocycles. The SMILES string of the molecule is C.C.C.C.C.CCC(C)OC(C)=O.CCC(OC(C)=O)C(C)(C)O.CO.[Na+].[OH-]. The summed E-state index contributed by atoms with van der Waals surface area (Å²) in [6.45, 7) is 11.7. The van der Waals surface area contributed by atoms with Crippen LogP contribution in [-0.4, -0.2) is 52.5 Å². The number of carbonyl (C=O) groups is 2. The van der Waals surface area contributed by atoms with Gasteiger partial charge in [0.2, 0.25) is 0 Å². The fourth-order valence-electron chi connectivity index (χ4n) is 1.29. The Labute approximate surface area is 199 Å². The third-order valence-corrected chi connectivity index (χ3v) is 2.41. The molecule has 0 bridgehead atoms. The van der Waals surface area contributed by atoms with Crippen LogP contribution in [0.4, 0.5) is 0 Å². The van der Waals surface area contributed by atoms with Crippen LogP contribution >= 0.6 is 0 Å². The molecular weight excluding hydrogens is 375 g/mol. The van der Waals surface area contributed by atoms with Gasteiger partial charge < -0.3 is 25.2 Å². The van der Waals surface area contributed by atoms with Crippen molar-refractivity contribution < 1.29 is 64.3 Å². The molecule has 0 aromatic heterocycles. The van der Waals surface area contributed by atoms with Crippen molar-refractivity contribution in [1.82, 2.24) is 0 Å². The van der Waals surface area contributed by atoms with E-state index >= 15 is 0 Å². The van der Waals surface area contributed by atoms with E-state index in [1.807, 2.05) is 20.8 Å². The molecule has 0 aromatic rings. The van der Waals surface area contributed by atoms with Gasteiger partial charge in [-0.25, -0.2) is 0 Å². The molecule has 0 fully saturated rings. The fraction of sp³-hybridized carbons (Fsp3) is 0.900. The summed E-state index contributed by atoms with van der Waals surface area (Å²) >= 11 is 0. The van der Waals surface area contributed by atoms with Gasteiger partial charge in [-0.3, -0.25) is 9.59 Å². The van der Waals surface area contributed by atoms with Gasteiger partial charge in [0.15, 0.2) is 0 Å². The van der Waals surface area contributed by atoms with Gasteiger partial charge in [0.05, 0.1) is 11.7 Å². The van der Waals surface area contributed by atoms with Crippen molar-refractivity contribution >= 4 is 11.9 Å². The molecule has 8 heteroatoms. The molecule has 0 spiro atoms. The number of carbonyl (C=O) groups excluding carboxylic acids is 2. The monoisotopic (exact) mass is 428 g/mol. The van der Waals surface area contributed by atoms with Crippen molar-refractivity contribution in [3.8, 4) is 0 Å². The van der Waals surface area contributed by atoms with Crippen LogP contribution in [0.2, 0.25) is 0 Å². The van der Waals surface area contributed by atoms with Gasteiger partial charge in [0.25, 0.3) is 0 Å². The summed E-state index contributed by atoms with van der Waals surface area (Å²) in [7, 11) is 1.00. The van der Waals surface area contributed by atoms with E-state index in [9.17, 15) is 14.7 Å². The standard InChI is InChI=1S/C8H16O3.C6H12O2.CH4O.5CH4.Na.H2O/c1-5-7(8(3,4)10)11-6(2)9;1-4-5(2)8-6(3)7;1-2;;;;;;;/h7,10H,5H2,1-4H3;5H,4H2,1-3H3;2H,1H3;5*1H4;;1H2/q;;;;;;;;+1;/p-1. The molecule has 0 heterocycles. The smallest absolute Gasteiger partial charge is 0.870 e. The Hall–Kier alpha value is -0.180. The van der Waals surface area contributed by atoms with Gasteiger partial charge in [-0.15, -0.1) is 0 Å². The fourth-order valence-corrected chi connectivity index (χ4v) is 1.29. The Morgan fingerprint density at radius 3 is 1.21 bits per heavy atom. The summed E-state index contributed by atoms with van der Waals surface area (Å²) in [5.41, 5.74) is -0.944. The van der Waals surface area contributed by atoms with Gasteiger partial charge in [-0.1, -0.05) is 51.0 Å². The number of esters is 2. The molecule has 0 aliphatic rings. The van der Waals surface area contributed by atoms with Crippen molar-refractivity contribution in [2.24, 2.45) is 0 Å². The first-order valence-electron chi connectivity index (χ1n) is 7.06. The minimum atomic E-state index is -0.944. The normalized spacial score (nSPS) is 9.50. The minimum absolute atomic E-state index is 0. The molecule has 0 aromatic carbocycles. The summed E-state index contributed by atoms with van der Waals surface area (Å²) in [5.74, 6) is -0.543. The van der Waals surface area contributed by atoms with Crippen molar-refractivity contribution in [2.75, 3.05) is 7.11 Å². The second kappa shape index (κ2) is 37.6. The molecule has 0 aliphatic carbocycles. The van der Waals surface area contributed by atoms with Crippen LogP contribution in [0.5, 0.6) is 0 Å². The van der Waals surface area contributed by atoms with Crippen LogP contribution in [0.15, 0.2) is 0 Å². The maximum absolute atomic E-state index is 10.5. The molecule has 0 rings (SSSR count). The maximum Gasteiger partial charge on any atom is 1.00 e. The number of aliphatic hydroxyl groups is 2. The Morgan fingerprint density at radius 1 is 0.857 bits per heavy atom. The first-order chi connectivity index (χ1) is 9.54. The Kier molecular flexibility index (Phi) is 84.5. The number of aliphatic hydroxyl groups excluding tert-OH is 1. The molecule has 0 amide bonds. The average molecular weight is 429 g/mol. The van der Waals surface area contributed by atoms with Crippen LogP contribution in [0.3, 0.4) is 0 Å². The summed E-state index contributed by atoms with van der Waals surface area (Å²) in [4.78, 5) is 20.7. The van der Waals surface area contributed by atoms with Gasteiger partial charge >= 0.3 is 41.5 Å². The predicted molar refractivity (Wildman–Crippen MR) is 117 cm³/mol. The quantitative estimate of drug-likeness (QED) is 0.507. The van der Waals surface area contributed by atoms with E-state index in [2.05, 4.69) is 0 Å². The van der Waals surface area contributed by atoms with Crippen molar-refractivity contribution in [2.45, 2.75) is 116 Å². The minimum Gasteiger partial charge on any atom is -0.870 e. The predicted octanol–water partition coefficient (Wildman–Crippen LogP) is 2.06. The molecule has 0 saturated carbocycles. The average Bonchev–Trinajstić information content (AvgIpc) is 2.36. The number of rotatable bonds is 5. The molecule has 3 N–H and O–H groups in total. The topological polar surface area (TPSA) is 123 Å². The van der Waals surface area contributed by atoms with Crippen molar-refractivity contribution in [1.29, 1.82) is 0 Å². The van der Waals surface area contributed by atoms with Crippen LogP contribution in [0, 0.1) is 0 Å². The van der Waals surface area contributed by atoms with E-state index in [-0.39, 0.29) is 90.2 Å². The van der Waals surface area contributed by atoms with Crippen molar-refractivity contribution in [3.63, 3.8) is 0 Å². The summed E-state index contributed by atoms with van der Waals surface area (Å²) in [6.07, 6.45) is 1.19. The Balaban J connectivity index is -0.0000000220. The van der Waals surface area contributed by atoms with Gasteiger partial charge in [0.1, 0.15) is 6.10 Å². The summed E-state index contributed by atoms with van der Waals surface area (Å²) < 4.78 is 9.64. The number of hydrogen-bond donors (Lipinski definition) is 2. The van der Waals surface area contributed by atoms with Crippen LogP contribution < -0.4 is 29.6 Å². The van der Waals surface area contributed by atoms with E-state index in [0.717, 1.165) is 13.5 Å². The summed E-state index contributed by atoms with van der Waals surface area (Å²) in [6, 6.07) is 0. The second-order valence-corrected chi connectivity index (χ2v) is 4.99. The van der Waals surface area contributed by atoms with Gasteiger partial charge in [0, 0.05) is 21.0 Å². The van der Waals surface area contributed by atoms with E-state index in [1.165, 1.54) is 13.8 Å². The molecule has 2 unspecified atom stereocenters. The second-order valence-electron chi connectivity index (χ2n) is 4.99. The first-order valence-corrected chi connectivity index (χ1v) is 7.06. The third-order valence-electron chi connectivity index (χ3n) is 2.41. The Morgan fingerprint density at radius 2 is 1.14 bits per heavy atom. The summed E-state index contributed by atoms with van der Waals surface area (Å²) in [5, 5.41) is 16.4. The van der Waals surface area contributed by atoms with Crippen molar-refractivity contribution in [3.05, 3.63) is 0 Å². The third kappa shape index (κ3) is 50.1. The van der Waals surface area contributed by atoms with Gasteiger partial charge in [-0.05, 0) is 33.6 Å². The zero-order chi connectivity index (χ0) is 17.6. The molecule has 0 radical (unpaired) electrons. The van der Waals surface area contributed by atoms with Crippen LogP contribution in [0.1, 0.15) is 98.4 Å². The molecule has 2 atom stereocenters. The zero-order valence-electron chi connectivity index (χ0n) is 16.0. The van der Waals surface area contributed by atoms with E-state index in [1.54, 1.807) is 13.8 Å². The molecule has 176 valence electrons. The van der Waals surface area contributed by atoms with Crippen LogP contribution in [-0.2, 0) is 19.1 Å². The number of ether oxygens (including phenoxy) is 2. The van der Waals surface area contributed by atoms with Gasteiger partial charge in [-0.2, -0.15) is 0 Å². The molecule has 7 nitrogen and oxygen atoms in total.